The van der Waals surface area contributed by atoms with Gasteiger partial charge in [0.2, 0.25) is 5.91 Å². The Hall–Kier alpha value is -2.06. The van der Waals surface area contributed by atoms with Crippen LogP contribution < -0.4 is 5.32 Å². The molecule has 1 N–H and O–H groups in total. The minimum absolute atomic E-state index is 0.0310. The van der Waals surface area contributed by atoms with Gasteiger partial charge in [-0.2, -0.15) is 0 Å². The van der Waals surface area contributed by atoms with Crippen LogP contribution in [0.1, 0.15) is 31.9 Å². The summed E-state index contributed by atoms with van der Waals surface area (Å²) in [7, 11) is 1.82. The third-order valence-electron chi connectivity index (χ3n) is 5.72. The minimum Gasteiger partial charge on any atom is -0.467 e. The molecule has 1 amide bonds. The van der Waals surface area contributed by atoms with Crippen LogP contribution >= 0.6 is 0 Å². The van der Waals surface area contributed by atoms with Crippen molar-refractivity contribution in [2.75, 3.05) is 59.5 Å². The van der Waals surface area contributed by atoms with Gasteiger partial charge in [0.25, 0.3) is 0 Å². The lowest BCUT2D eigenvalue weighted by Crippen LogP contribution is -2.57. The number of piperazine rings is 1. The standard InChI is InChI=1S/C21H35N5O3/c1-18(20(27)25-9-3-4-10-25)24-11-13-26(14-12-24)21(22-2)23-8-6-15-28-17-19-7-5-16-29-19/h5,7,16,18H,3-4,6,8-15,17H2,1-2H3,(H,22,23). The Morgan fingerprint density at radius 2 is 1.97 bits per heavy atom. The van der Waals surface area contributed by atoms with Gasteiger partial charge < -0.3 is 24.3 Å². The van der Waals surface area contributed by atoms with Crippen molar-refractivity contribution in [1.29, 1.82) is 0 Å². The van der Waals surface area contributed by atoms with Crippen molar-refractivity contribution in [3.05, 3.63) is 24.2 Å². The summed E-state index contributed by atoms with van der Waals surface area (Å²) >= 11 is 0. The lowest BCUT2D eigenvalue weighted by Gasteiger charge is -2.39. The third-order valence-corrected chi connectivity index (χ3v) is 5.72. The molecule has 8 nitrogen and oxygen atoms in total. The van der Waals surface area contributed by atoms with E-state index in [2.05, 4.69) is 20.1 Å². The molecule has 0 bridgehead atoms. The number of hydrogen-bond donors (Lipinski definition) is 1. The number of furan rings is 1. The van der Waals surface area contributed by atoms with Gasteiger partial charge in [-0.3, -0.25) is 14.7 Å². The molecule has 3 heterocycles. The maximum absolute atomic E-state index is 12.6. The van der Waals surface area contributed by atoms with Crippen molar-refractivity contribution in [2.24, 2.45) is 4.99 Å². The number of carbonyl (C=O) groups is 1. The monoisotopic (exact) mass is 405 g/mol. The fourth-order valence-electron chi connectivity index (χ4n) is 3.95. The van der Waals surface area contributed by atoms with Gasteiger partial charge >= 0.3 is 0 Å². The molecule has 0 aromatic carbocycles. The van der Waals surface area contributed by atoms with E-state index >= 15 is 0 Å². The first kappa shape index (κ1) is 21.6. The van der Waals surface area contributed by atoms with Crippen LogP contribution in [0.5, 0.6) is 0 Å². The highest BCUT2D eigenvalue weighted by atomic mass is 16.5. The fraction of sp³-hybridized carbons (Fsp3) is 0.714. The van der Waals surface area contributed by atoms with Crippen LogP contribution in [0.3, 0.4) is 0 Å². The van der Waals surface area contributed by atoms with Crippen LogP contribution in [0.2, 0.25) is 0 Å². The summed E-state index contributed by atoms with van der Waals surface area (Å²) in [5.41, 5.74) is 0. The Bertz CT molecular complexity index is 635. The maximum atomic E-state index is 12.6. The van der Waals surface area contributed by atoms with Gasteiger partial charge in [0.1, 0.15) is 12.4 Å². The number of rotatable bonds is 8. The van der Waals surface area contributed by atoms with Gasteiger partial charge in [-0.1, -0.05) is 0 Å². The Morgan fingerprint density at radius 1 is 1.21 bits per heavy atom. The molecule has 1 aromatic heterocycles. The molecule has 2 aliphatic heterocycles. The summed E-state index contributed by atoms with van der Waals surface area (Å²) in [6, 6.07) is 3.75. The Kier molecular flexibility index (Phi) is 8.37. The highest BCUT2D eigenvalue weighted by Crippen LogP contribution is 2.14. The van der Waals surface area contributed by atoms with E-state index in [0.717, 1.165) is 76.8 Å². The number of amides is 1. The van der Waals surface area contributed by atoms with E-state index in [9.17, 15) is 4.79 Å². The van der Waals surface area contributed by atoms with Crippen LogP contribution in [0.25, 0.3) is 0 Å². The predicted molar refractivity (Wildman–Crippen MR) is 113 cm³/mol. The van der Waals surface area contributed by atoms with Crippen LogP contribution in [0.4, 0.5) is 0 Å². The van der Waals surface area contributed by atoms with Crippen molar-refractivity contribution >= 4 is 11.9 Å². The molecule has 1 unspecified atom stereocenters. The second kappa shape index (κ2) is 11.2. The molecule has 0 radical (unpaired) electrons. The van der Waals surface area contributed by atoms with E-state index in [0.29, 0.717) is 13.2 Å². The van der Waals surface area contributed by atoms with Crippen molar-refractivity contribution in [1.82, 2.24) is 20.0 Å². The highest BCUT2D eigenvalue weighted by molar-refractivity contribution is 5.82. The molecule has 0 spiro atoms. The average Bonchev–Trinajstić information content (AvgIpc) is 3.47. The van der Waals surface area contributed by atoms with Gasteiger partial charge in [-0.15, -0.1) is 0 Å². The molecule has 29 heavy (non-hydrogen) atoms. The van der Waals surface area contributed by atoms with Crippen LogP contribution in [0, 0.1) is 0 Å². The number of nitrogens with one attached hydrogen (secondary N) is 1. The van der Waals surface area contributed by atoms with Gasteiger partial charge in [0.15, 0.2) is 5.96 Å². The summed E-state index contributed by atoms with van der Waals surface area (Å²) in [6.07, 6.45) is 4.85. The summed E-state index contributed by atoms with van der Waals surface area (Å²) < 4.78 is 10.9. The number of ether oxygens (including phenoxy) is 1. The largest absolute Gasteiger partial charge is 0.467 e. The first-order chi connectivity index (χ1) is 14.2. The number of aliphatic imine (C=N–C) groups is 1. The summed E-state index contributed by atoms with van der Waals surface area (Å²) in [6.45, 7) is 9.42. The Morgan fingerprint density at radius 3 is 2.62 bits per heavy atom. The van der Waals surface area contributed by atoms with Crippen molar-refractivity contribution in [3.8, 4) is 0 Å². The third kappa shape index (κ3) is 6.21. The molecule has 2 fully saturated rings. The minimum atomic E-state index is -0.0310. The molecule has 0 aliphatic carbocycles. The lowest BCUT2D eigenvalue weighted by atomic mass is 10.2. The topological polar surface area (TPSA) is 73.5 Å². The lowest BCUT2D eigenvalue weighted by molar-refractivity contribution is -0.135. The zero-order chi connectivity index (χ0) is 20.5. The van der Waals surface area contributed by atoms with Crippen molar-refractivity contribution < 1.29 is 13.9 Å². The van der Waals surface area contributed by atoms with E-state index in [1.165, 1.54) is 0 Å². The van der Waals surface area contributed by atoms with Crippen molar-refractivity contribution in [2.45, 2.75) is 38.8 Å². The zero-order valence-electron chi connectivity index (χ0n) is 17.8. The van der Waals surface area contributed by atoms with Crippen molar-refractivity contribution in [3.63, 3.8) is 0 Å². The van der Waals surface area contributed by atoms with Gasteiger partial charge in [-0.05, 0) is 38.3 Å². The number of guanidine groups is 1. The van der Waals surface area contributed by atoms with E-state index in [1.54, 1.807) is 6.26 Å². The molecule has 3 rings (SSSR count). The first-order valence-electron chi connectivity index (χ1n) is 10.8. The Balaban J connectivity index is 1.32. The summed E-state index contributed by atoms with van der Waals surface area (Å²) in [5, 5.41) is 3.42. The fourth-order valence-corrected chi connectivity index (χ4v) is 3.95. The van der Waals surface area contributed by atoms with Crippen LogP contribution in [-0.4, -0.2) is 92.1 Å². The molecular formula is C21H35N5O3. The Labute approximate surface area is 173 Å². The van der Waals surface area contributed by atoms with Crippen LogP contribution in [-0.2, 0) is 16.1 Å². The van der Waals surface area contributed by atoms with E-state index in [-0.39, 0.29) is 11.9 Å². The smallest absolute Gasteiger partial charge is 0.239 e. The molecule has 0 saturated carbocycles. The molecular weight excluding hydrogens is 370 g/mol. The second-order valence-corrected chi connectivity index (χ2v) is 7.69. The van der Waals surface area contributed by atoms with Gasteiger partial charge in [0, 0.05) is 59.5 Å². The summed E-state index contributed by atoms with van der Waals surface area (Å²) in [4.78, 5) is 23.6. The molecule has 162 valence electrons. The molecule has 8 heteroatoms. The molecule has 2 saturated heterocycles. The van der Waals surface area contributed by atoms with Gasteiger partial charge in [0.05, 0.1) is 12.3 Å². The molecule has 2 aliphatic rings. The zero-order valence-corrected chi connectivity index (χ0v) is 17.8. The molecule has 1 atom stereocenters. The average molecular weight is 406 g/mol. The summed E-state index contributed by atoms with van der Waals surface area (Å²) in [5.74, 6) is 2.06. The second-order valence-electron chi connectivity index (χ2n) is 7.69. The highest BCUT2D eigenvalue weighted by Gasteiger charge is 2.30. The first-order valence-corrected chi connectivity index (χ1v) is 10.8. The SMILES string of the molecule is CN=C(NCCCOCc1ccco1)N1CCN(C(C)C(=O)N2CCCC2)CC1. The molecule has 1 aromatic rings. The number of likely N-dealkylation sites (tertiary alicyclic amines) is 1. The van der Waals surface area contributed by atoms with E-state index in [1.807, 2.05) is 31.0 Å². The number of carbonyl (C=O) groups excluding carboxylic acids is 1. The van der Waals surface area contributed by atoms with Gasteiger partial charge in [-0.25, -0.2) is 0 Å². The maximum Gasteiger partial charge on any atom is 0.239 e. The number of nitrogens with zero attached hydrogens (tertiary/aromatic N) is 4. The quantitative estimate of drug-likeness (QED) is 0.400. The van der Waals surface area contributed by atoms with E-state index < -0.39 is 0 Å². The normalized spacial score (nSPS) is 19.6. The van der Waals surface area contributed by atoms with E-state index in [4.69, 9.17) is 9.15 Å². The van der Waals surface area contributed by atoms with Crippen LogP contribution in [0.15, 0.2) is 27.8 Å². The predicted octanol–water partition coefficient (Wildman–Crippen LogP) is 1.39. The number of hydrogen-bond acceptors (Lipinski definition) is 5.